The minimum atomic E-state index is 0.383. The molecule has 0 aromatic heterocycles. The molecule has 0 aromatic rings. The highest BCUT2D eigenvalue weighted by Gasteiger charge is 2.24. The normalized spacial score (nSPS) is 27.5. The molecular weight excluding hydrogens is 124 g/mol. The predicted molar refractivity (Wildman–Crippen MR) is 41.8 cm³/mol. The van der Waals surface area contributed by atoms with Crippen LogP contribution in [0.5, 0.6) is 0 Å². The van der Waals surface area contributed by atoms with Crippen LogP contribution in [0, 0.1) is 11.8 Å². The van der Waals surface area contributed by atoms with Gasteiger partial charge in [0.25, 0.3) is 0 Å². The van der Waals surface area contributed by atoms with Crippen LogP contribution in [-0.4, -0.2) is 5.78 Å². The van der Waals surface area contributed by atoms with Crippen molar-refractivity contribution in [2.45, 2.75) is 39.5 Å². The number of rotatable bonds is 1. The van der Waals surface area contributed by atoms with E-state index in [4.69, 9.17) is 0 Å². The largest absolute Gasteiger partial charge is 0.299 e. The number of hydrogen-bond acceptors (Lipinski definition) is 1. The van der Waals surface area contributed by atoms with Gasteiger partial charge in [-0.1, -0.05) is 20.3 Å². The average molecular weight is 140 g/mol. The van der Waals surface area contributed by atoms with Gasteiger partial charge < -0.3 is 0 Å². The lowest BCUT2D eigenvalue weighted by atomic mass is 9.81. The summed E-state index contributed by atoms with van der Waals surface area (Å²) in [5.41, 5.74) is 0. The third-order valence-corrected chi connectivity index (χ3v) is 2.41. The van der Waals surface area contributed by atoms with Crippen LogP contribution >= 0.6 is 0 Å². The second-order valence-corrected chi connectivity index (χ2v) is 3.56. The van der Waals surface area contributed by atoms with Crippen molar-refractivity contribution in [1.29, 1.82) is 0 Å². The fourth-order valence-electron chi connectivity index (χ4n) is 1.71. The minimum Gasteiger partial charge on any atom is -0.299 e. The molecule has 0 bridgehead atoms. The zero-order valence-electron chi connectivity index (χ0n) is 6.89. The molecule has 1 rings (SSSR count). The van der Waals surface area contributed by atoms with E-state index >= 15 is 0 Å². The lowest BCUT2D eigenvalue weighted by Gasteiger charge is -2.23. The molecular formula is C9H16O. The number of ketones is 1. The molecule has 1 aliphatic carbocycles. The summed E-state index contributed by atoms with van der Waals surface area (Å²) >= 11 is 0. The molecule has 0 amide bonds. The van der Waals surface area contributed by atoms with Crippen molar-refractivity contribution in [2.75, 3.05) is 0 Å². The maximum absolute atomic E-state index is 11.2. The maximum atomic E-state index is 11.2. The first-order chi connectivity index (χ1) is 4.72. The lowest BCUT2D eigenvalue weighted by Crippen LogP contribution is -2.23. The predicted octanol–water partition coefficient (Wildman–Crippen LogP) is 2.40. The van der Waals surface area contributed by atoms with Crippen molar-refractivity contribution in [3.8, 4) is 0 Å². The zero-order valence-corrected chi connectivity index (χ0v) is 6.89. The van der Waals surface area contributed by atoms with Crippen LogP contribution in [0.2, 0.25) is 0 Å². The van der Waals surface area contributed by atoms with Gasteiger partial charge in [0.2, 0.25) is 0 Å². The first kappa shape index (κ1) is 7.77. The van der Waals surface area contributed by atoms with Crippen LogP contribution in [-0.2, 0) is 4.79 Å². The van der Waals surface area contributed by atoms with Crippen molar-refractivity contribution in [3.63, 3.8) is 0 Å². The molecule has 58 valence electrons. The summed E-state index contributed by atoms with van der Waals surface area (Å²) in [6.07, 6.45) is 4.36. The third-order valence-electron chi connectivity index (χ3n) is 2.41. The van der Waals surface area contributed by atoms with E-state index in [1.165, 1.54) is 6.42 Å². The van der Waals surface area contributed by atoms with E-state index in [-0.39, 0.29) is 0 Å². The summed E-state index contributed by atoms with van der Waals surface area (Å²) in [6.45, 7) is 4.29. The second-order valence-electron chi connectivity index (χ2n) is 3.56. The molecule has 0 N–H and O–H groups in total. The molecule has 0 saturated heterocycles. The molecule has 0 unspecified atom stereocenters. The van der Waals surface area contributed by atoms with Crippen molar-refractivity contribution in [1.82, 2.24) is 0 Å². The fourth-order valence-corrected chi connectivity index (χ4v) is 1.71. The third kappa shape index (κ3) is 1.59. The molecule has 10 heavy (non-hydrogen) atoms. The number of carbonyl (C=O) groups excluding carboxylic acids is 1. The highest BCUT2D eigenvalue weighted by atomic mass is 16.1. The van der Waals surface area contributed by atoms with Crippen LogP contribution in [0.4, 0.5) is 0 Å². The Morgan fingerprint density at radius 1 is 1.40 bits per heavy atom. The Balaban J connectivity index is 2.48. The molecule has 1 atom stereocenters. The van der Waals surface area contributed by atoms with Crippen molar-refractivity contribution in [2.24, 2.45) is 11.8 Å². The van der Waals surface area contributed by atoms with E-state index in [2.05, 4.69) is 13.8 Å². The monoisotopic (exact) mass is 140 g/mol. The molecule has 1 fully saturated rings. The Morgan fingerprint density at radius 2 is 2.10 bits per heavy atom. The zero-order chi connectivity index (χ0) is 7.56. The van der Waals surface area contributed by atoms with Crippen LogP contribution < -0.4 is 0 Å². The summed E-state index contributed by atoms with van der Waals surface area (Å²) in [4.78, 5) is 11.2. The van der Waals surface area contributed by atoms with E-state index in [0.29, 0.717) is 17.6 Å². The van der Waals surface area contributed by atoms with Gasteiger partial charge in [-0.25, -0.2) is 0 Å². The van der Waals surface area contributed by atoms with Crippen molar-refractivity contribution < 1.29 is 4.79 Å². The summed E-state index contributed by atoms with van der Waals surface area (Å²) < 4.78 is 0. The van der Waals surface area contributed by atoms with Gasteiger partial charge in [0, 0.05) is 12.3 Å². The van der Waals surface area contributed by atoms with Gasteiger partial charge in [-0.3, -0.25) is 4.79 Å². The topological polar surface area (TPSA) is 17.1 Å². The molecule has 1 nitrogen and oxygen atoms in total. The SMILES string of the molecule is CC(C)[C@H]1CCCCC1=O. The first-order valence-electron chi connectivity index (χ1n) is 4.24. The summed E-state index contributed by atoms with van der Waals surface area (Å²) in [5, 5.41) is 0. The highest BCUT2D eigenvalue weighted by molar-refractivity contribution is 5.81. The minimum absolute atomic E-state index is 0.383. The fraction of sp³-hybridized carbons (Fsp3) is 0.889. The summed E-state index contributed by atoms with van der Waals surface area (Å²) in [7, 11) is 0. The molecule has 0 aliphatic heterocycles. The molecule has 0 spiro atoms. The van der Waals surface area contributed by atoms with E-state index in [1.54, 1.807) is 0 Å². The number of hydrogen-bond donors (Lipinski definition) is 0. The van der Waals surface area contributed by atoms with E-state index in [9.17, 15) is 4.79 Å². The molecule has 0 radical (unpaired) electrons. The summed E-state index contributed by atoms with van der Waals surface area (Å²) in [6, 6.07) is 0. The van der Waals surface area contributed by atoms with Crippen LogP contribution in [0.3, 0.4) is 0 Å². The van der Waals surface area contributed by atoms with Gasteiger partial charge in [-0.05, 0) is 18.8 Å². The quantitative estimate of drug-likeness (QED) is 0.546. The van der Waals surface area contributed by atoms with Crippen molar-refractivity contribution >= 4 is 5.78 Å². The lowest BCUT2D eigenvalue weighted by molar-refractivity contribution is -0.125. The highest BCUT2D eigenvalue weighted by Crippen LogP contribution is 2.26. The van der Waals surface area contributed by atoms with Gasteiger partial charge in [-0.15, -0.1) is 0 Å². The summed E-state index contributed by atoms with van der Waals surface area (Å²) in [5.74, 6) is 1.45. The van der Waals surface area contributed by atoms with Gasteiger partial charge in [0.15, 0.2) is 0 Å². The standard InChI is InChI=1S/C9H16O/c1-7(2)8-5-3-4-6-9(8)10/h7-8H,3-6H2,1-2H3/t8-/m1/s1. The van der Waals surface area contributed by atoms with E-state index in [1.807, 2.05) is 0 Å². The molecule has 1 aliphatic rings. The van der Waals surface area contributed by atoms with Gasteiger partial charge in [0.1, 0.15) is 5.78 Å². The molecule has 0 aromatic carbocycles. The Labute approximate surface area is 62.8 Å². The van der Waals surface area contributed by atoms with Crippen LogP contribution in [0.1, 0.15) is 39.5 Å². The average Bonchev–Trinajstić information content (AvgIpc) is 1.88. The smallest absolute Gasteiger partial charge is 0.136 e. The second kappa shape index (κ2) is 3.18. The maximum Gasteiger partial charge on any atom is 0.136 e. The van der Waals surface area contributed by atoms with E-state index < -0.39 is 0 Å². The first-order valence-corrected chi connectivity index (χ1v) is 4.24. The van der Waals surface area contributed by atoms with Crippen LogP contribution in [0.25, 0.3) is 0 Å². The van der Waals surface area contributed by atoms with E-state index in [0.717, 1.165) is 19.3 Å². The molecule has 0 heterocycles. The Morgan fingerprint density at radius 3 is 2.50 bits per heavy atom. The number of carbonyl (C=O) groups is 1. The van der Waals surface area contributed by atoms with Gasteiger partial charge >= 0.3 is 0 Å². The number of Topliss-reactive ketones (excluding diaryl/α,β-unsaturated/α-hetero) is 1. The Bertz CT molecular complexity index is 127. The van der Waals surface area contributed by atoms with Gasteiger partial charge in [-0.2, -0.15) is 0 Å². The van der Waals surface area contributed by atoms with Gasteiger partial charge in [0.05, 0.1) is 0 Å². The molecule has 1 saturated carbocycles. The van der Waals surface area contributed by atoms with Crippen molar-refractivity contribution in [3.05, 3.63) is 0 Å². The van der Waals surface area contributed by atoms with Crippen LogP contribution in [0.15, 0.2) is 0 Å². The molecule has 1 heteroatoms. The Hall–Kier alpha value is -0.330. The Kier molecular flexibility index (Phi) is 2.47.